The molecule has 0 unspecified atom stereocenters. The zero-order valence-corrected chi connectivity index (χ0v) is 22.2. The van der Waals surface area contributed by atoms with E-state index in [-0.39, 0.29) is 85.2 Å². The van der Waals surface area contributed by atoms with Crippen molar-refractivity contribution in [1.29, 1.82) is 0 Å². The van der Waals surface area contributed by atoms with Crippen molar-refractivity contribution in [2.75, 3.05) is 13.2 Å². The van der Waals surface area contributed by atoms with Crippen LogP contribution in [0.2, 0.25) is 0 Å². The monoisotopic (exact) mass is 470 g/mol. The van der Waals surface area contributed by atoms with Gasteiger partial charge in [-0.1, -0.05) is 48.5 Å². The van der Waals surface area contributed by atoms with Gasteiger partial charge >= 0.3 is 59.1 Å². The van der Waals surface area contributed by atoms with Gasteiger partial charge < -0.3 is 9.11 Å². The van der Waals surface area contributed by atoms with Crippen LogP contribution >= 0.6 is 0 Å². The summed E-state index contributed by atoms with van der Waals surface area (Å²) in [6.45, 7) is -0.590. The van der Waals surface area contributed by atoms with E-state index in [9.17, 15) is 25.9 Å². The maximum absolute atomic E-state index is 10.7. The van der Waals surface area contributed by atoms with Crippen molar-refractivity contribution >= 4 is 42.3 Å². The zero-order valence-electron chi connectivity index (χ0n) is 16.5. The molecule has 3 aromatic carbocycles. The van der Waals surface area contributed by atoms with Gasteiger partial charge in [0.25, 0.3) is 0 Å². The molecule has 0 saturated carbocycles. The van der Waals surface area contributed by atoms with E-state index >= 15 is 0 Å². The van der Waals surface area contributed by atoms with Crippen LogP contribution in [0.3, 0.4) is 0 Å². The standard InChI is InChI=1S/C18H18O8S2.2Na/c19-27(20,21)25-11-9-17-13-5-1-2-6-14(13)18(10-12-26-28(22,23)24)16-8-4-3-7-15(16)17;;/h1-8H,9-12H2,(H,19,20,21)(H,22,23,24);;/q;2*+1/p-2. The molecule has 0 aliphatic rings. The molecule has 0 saturated heterocycles. The largest absolute Gasteiger partial charge is 1.00 e. The van der Waals surface area contributed by atoms with Crippen LogP contribution in [0.15, 0.2) is 48.5 Å². The summed E-state index contributed by atoms with van der Waals surface area (Å²) in [4.78, 5) is 0. The maximum atomic E-state index is 10.7. The molecule has 8 nitrogen and oxygen atoms in total. The molecule has 150 valence electrons. The number of rotatable bonds is 8. The first-order valence-corrected chi connectivity index (χ1v) is 10.9. The second-order valence-electron chi connectivity index (χ2n) is 6.01. The van der Waals surface area contributed by atoms with Gasteiger partial charge in [0.2, 0.25) is 20.8 Å². The van der Waals surface area contributed by atoms with Crippen molar-refractivity contribution in [2.45, 2.75) is 12.8 Å². The zero-order chi connectivity index (χ0) is 20.4. The van der Waals surface area contributed by atoms with Crippen LogP contribution in [-0.4, -0.2) is 39.2 Å². The minimum Gasteiger partial charge on any atom is -0.726 e. The Morgan fingerprint density at radius 3 is 1.10 bits per heavy atom. The van der Waals surface area contributed by atoms with E-state index in [1.807, 2.05) is 48.5 Å². The third-order valence-electron chi connectivity index (χ3n) is 4.31. The van der Waals surface area contributed by atoms with E-state index in [2.05, 4.69) is 8.37 Å². The smallest absolute Gasteiger partial charge is 0.726 e. The third-order valence-corrected chi connectivity index (χ3v) is 5.22. The van der Waals surface area contributed by atoms with E-state index < -0.39 is 20.8 Å². The molecule has 3 rings (SSSR count). The molecule has 0 bridgehead atoms. The van der Waals surface area contributed by atoms with Crippen molar-refractivity contribution in [3.8, 4) is 0 Å². The molecule has 12 heteroatoms. The summed E-state index contributed by atoms with van der Waals surface area (Å²) >= 11 is 0. The molecule has 0 atom stereocenters. The summed E-state index contributed by atoms with van der Waals surface area (Å²) in [5, 5.41) is 3.25. The third kappa shape index (κ3) is 7.51. The van der Waals surface area contributed by atoms with Crippen LogP contribution in [-0.2, 0) is 42.0 Å². The van der Waals surface area contributed by atoms with Gasteiger partial charge in [-0.25, -0.2) is 16.8 Å². The first-order valence-electron chi connectivity index (χ1n) is 8.27. The van der Waals surface area contributed by atoms with Crippen LogP contribution in [0.5, 0.6) is 0 Å². The summed E-state index contributed by atoms with van der Waals surface area (Å²) < 4.78 is 73.1. The van der Waals surface area contributed by atoms with Gasteiger partial charge in [0, 0.05) is 0 Å². The molecule has 0 spiro atoms. The molecule has 0 aliphatic carbocycles. The first kappa shape index (κ1) is 28.0. The summed E-state index contributed by atoms with van der Waals surface area (Å²) in [5.41, 5.74) is 1.60. The SMILES string of the molecule is O=S(=O)([O-])OCCc1c2ccccc2c(CCOS(=O)(=O)[O-])c2ccccc12.[Na+].[Na+]. The molecular weight excluding hydrogens is 454 g/mol. The molecule has 0 fully saturated rings. The predicted octanol–water partition coefficient (Wildman–Crippen LogP) is -3.96. The van der Waals surface area contributed by atoms with Crippen LogP contribution in [0.25, 0.3) is 21.5 Å². The van der Waals surface area contributed by atoms with Crippen molar-refractivity contribution in [3.63, 3.8) is 0 Å². The summed E-state index contributed by atoms with van der Waals surface area (Å²) in [7, 11) is -9.58. The summed E-state index contributed by atoms with van der Waals surface area (Å²) in [5.74, 6) is 0. The average molecular weight is 470 g/mol. The van der Waals surface area contributed by atoms with E-state index in [0.717, 1.165) is 32.7 Å². The Hall–Kier alpha value is -0.0800. The maximum Gasteiger partial charge on any atom is 1.00 e. The van der Waals surface area contributed by atoms with Crippen LogP contribution in [0, 0.1) is 0 Å². The van der Waals surface area contributed by atoms with Crippen molar-refractivity contribution in [1.82, 2.24) is 0 Å². The Morgan fingerprint density at radius 1 is 0.600 bits per heavy atom. The number of benzene rings is 3. The van der Waals surface area contributed by atoms with Gasteiger partial charge in [0.05, 0.1) is 13.2 Å². The molecule has 3 aromatic rings. The average Bonchev–Trinajstić information content (AvgIpc) is 2.61. The molecule has 30 heavy (non-hydrogen) atoms. The Bertz CT molecular complexity index is 1070. The van der Waals surface area contributed by atoms with Gasteiger partial charge in [-0.15, -0.1) is 0 Å². The van der Waals surface area contributed by atoms with Crippen LogP contribution in [0.1, 0.15) is 11.1 Å². The molecule has 0 heterocycles. The normalized spacial score (nSPS) is 11.8. The summed E-state index contributed by atoms with van der Waals surface area (Å²) in [6.07, 6.45) is 0.377. The van der Waals surface area contributed by atoms with Crippen molar-refractivity contribution < 1.29 is 93.4 Å². The van der Waals surface area contributed by atoms with E-state index in [0.29, 0.717) is 0 Å². The van der Waals surface area contributed by atoms with E-state index in [1.54, 1.807) is 0 Å². The fourth-order valence-corrected chi connectivity index (χ4v) is 3.91. The Labute approximate surface area is 219 Å². The Kier molecular flexibility index (Phi) is 10.9. The van der Waals surface area contributed by atoms with Gasteiger partial charge in [0.15, 0.2) is 0 Å². The van der Waals surface area contributed by atoms with Gasteiger partial charge in [-0.3, -0.25) is 8.37 Å². The van der Waals surface area contributed by atoms with Crippen molar-refractivity contribution in [3.05, 3.63) is 59.7 Å². The van der Waals surface area contributed by atoms with Gasteiger partial charge in [-0.2, -0.15) is 0 Å². The number of fused-ring (bicyclic) bond motifs is 2. The van der Waals surface area contributed by atoms with Crippen LogP contribution in [0.4, 0.5) is 0 Å². The topological polar surface area (TPSA) is 133 Å². The molecule has 0 amide bonds. The Balaban J connectivity index is 0.00000225. The number of hydrogen-bond donors (Lipinski definition) is 0. The predicted molar refractivity (Wildman–Crippen MR) is 100 cm³/mol. The minimum absolute atomic E-state index is 0. The van der Waals surface area contributed by atoms with E-state index in [1.165, 1.54) is 0 Å². The number of hydrogen-bond acceptors (Lipinski definition) is 8. The minimum atomic E-state index is -4.79. The van der Waals surface area contributed by atoms with Crippen LogP contribution < -0.4 is 59.1 Å². The fraction of sp³-hybridized carbons (Fsp3) is 0.222. The molecule has 0 N–H and O–H groups in total. The molecule has 0 aromatic heterocycles. The quantitative estimate of drug-likeness (QED) is 0.141. The molecule has 0 aliphatic heterocycles. The Morgan fingerprint density at radius 2 is 0.867 bits per heavy atom. The van der Waals surface area contributed by atoms with Gasteiger partial charge in [-0.05, 0) is 45.5 Å². The fourth-order valence-electron chi connectivity index (χ4n) is 3.34. The second-order valence-corrected chi connectivity index (χ2v) is 8.11. The summed E-state index contributed by atoms with van der Waals surface area (Å²) in [6, 6.07) is 14.6. The second kappa shape index (κ2) is 11.7. The van der Waals surface area contributed by atoms with E-state index in [4.69, 9.17) is 0 Å². The molecular formula is C18H16Na2O8S2. The van der Waals surface area contributed by atoms with Gasteiger partial charge in [0.1, 0.15) is 0 Å². The molecule has 0 radical (unpaired) electrons. The van der Waals surface area contributed by atoms with Crippen molar-refractivity contribution in [2.24, 2.45) is 0 Å². The first-order chi connectivity index (χ1) is 13.2.